The van der Waals surface area contributed by atoms with Gasteiger partial charge in [-0.2, -0.15) is 0 Å². The molecule has 1 aliphatic rings. The van der Waals surface area contributed by atoms with Crippen molar-refractivity contribution in [1.29, 1.82) is 0 Å². The summed E-state index contributed by atoms with van der Waals surface area (Å²) >= 11 is 0. The topological polar surface area (TPSA) is 41.5 Å². The second-order valence-electron chi connectivity index (χ2n) is 5.36. The minimum atomic E-state index is 0.303. The first-order chi connectivity index (χ1) is 9.33. The monoisotopic (exact) mass is 263 g/mol. The van der Waals surface area contributed by atoms with Crippen LogP contribution in [0.15, 0.2) is 24.3 Å². The number of ether oxygens (including phenoxy) is 1. The first-order valence-corrected chi connectivity index (χ1v) is 7.39. The Morgan fingerprint density at radius 1 is 1.37 bits per heavy atom. The number of nitrogens with one attached hydrogen (secondary N) is 1. The average Bonchev–Trinajstić information content (AvgIpc) is 2.91. The van der Waals surface area contributed by atoms with Crippen LogP contribution in [-0.2, 0) is 6.54 Å². The fourth-order valence-electron chi connectivity index (χ4n) is 2.74. The first kappa shape index (κ1) is 14.4. The Bertz CT molecular complexity index is 381. The molecular weight excluding hydrogens is 238 g/mol. The molecule has 0 radical (unpaired) electrons. The third-order valence-corrected chi connectivity index (χ3v) is 3.83. The number of aliphatic hydroxyl groups excluding tert-OH is 1. The summed E-state index contributed by atoms with van der Waals surface area (Å²) in [6.45, 7) is 4.04. The van der Waals surface area contributed by atoms with Crippen molar-refractivity contribution in [1.82, 2.24) is 5.32 Å². The molecule has 0 aliphatic heterocycles. The van der Waals surface area contributed by atoms with Gasteiger partial charge in [0.1, 0.15) is 5.75 Å². The van der Waals surface area contributed by atoms with Crippen LogP contribution < -0.4 is 10.1 Å². The minimum Gasteiger partial charge on any atom is -0.494 e. The number of aliphatic hydroxyl groups is 1. The molecule has 1 aromatic carbocycles. The lowest BCUT2D eigenvalue weighted by Gasteiger charge is -2.19. The molecule has 0 aromatic heterocycles. The van der Waals surface area contributed by atoms with Crippen LogP contribution in [0.1, 0.15) is 38.2 Å². The summed E-state index contributed by atoms with van der Waals surface area (Å²) < 4.78 is 5.64. The summed E-state index contributed by atoms with van der Waals surface area (Å²) in [6.07, 6.45) is 4.58. The molecule has 3 nitrogen and oxygen atoms in total. The molecule has 106 valence electrons. The van der Waals surface area contributed by atoms with E-state index in [1.807, 2.05) is 12.1 Å². The maximum Gasteiger partial charge on any atom is 0.119 e. The van der Waals surface area contributed by atoms with Crippen molar-refractivity contribution in [2.75, 3.05) is 13.2 Å². The van der Waals surface area contributed by atoms with Gasteiger partial charge in [-0.15, -0.1) is 0 Å². The molecule has 2 N–H and O–H groups in total. The van der Waals surface area contributed by atoms with Crippen LogP contribution in [0.25, 0.3) is 0 Å². The Labute approximate surface area is 116 Å². The molecule has 0 bridgehead atoms. The van der Waals surface area contributed by atoms with E-state index in [1.54, 1.807) is 0 Å². The highest BCUT2D eigenvalue weighted by molar-refractivity contribution is 5.28. The lowest BCUT2D eigenvalue weighted by molar-refractivity contribution is 0.205. The van der Waals surface area contributed by atoms with Gasteiger partial charge in [0.25, 0.3) is 0 Å². The molecule has 2 atom stereocenters. The van der Waals surface area contributed by atoms with Crippen molar-refractivity contribution in [3.05, 3.63) is 29.8 Å². The number of hydrogen-bond acceptors (Lipinski definition) is 3. The zero-order valence-corrected chi connectivity index (χ0v) is 11.8. The molecular formula is C16H25NO2. The van der Waals surface area contributed by atoms with Gasteiger partial charge in [0.15, 0.2) is 0 Å². The van der Waals surface area contributed by atoms with E-state index in [2.05, 4.69) is 24.4 Å². The van der Waals surface area contributed by atoms with E-state index in [-0.39, 0.29) is 0 Å². The Morgan fingerprint density at radius 2 is 2.26 bits per heavy atom. The number of benzene rings is 1. The maximum atomic E-state index is 9.31. The standard InChI is InChI=1S/C16H25NO2/c1-2-9-19-15-7-3-5-13(10-15)11-17-16-8-4-6-14(16)12-18/h3,5,7,10,14,16-18H,2,4,6,8-9,11-12H2,1H3. The Kier molecular flexibility index (Phi) is 5.67. The summed E-state index contributed by atoms with van der Waals surface area (Å²) in [6, 6.07) is 8.73. The van der Waals surface area contributed by atoms with Crippen LogP contribution in [-0.4, -0.2) is 24.4 Å². The van der Waals surface area contributed by atoms with E-state index in [0.717, 1.165) is 31.7 Å². The van der Waals surface area contributed by atoms with Crippen molar-refractivity contribution < 1.29 is 9.84 Å². The SMILES string of the molecule is CCCOc1cccc(CNC2CCCC2CO)c1. The van der Waals surface area contributed by atoms with E-state index in [4.69, 9.17) is 4.74 Å². The van der Waals surface area contributed by atoms with E-state index in [0.29, 0.717) is 18.6 Å². The van der Waals surface area contributed by atoms with Gasteiger partial charge in [-0.05, 0) is 42.9 Å². The third-order valence-electron chi connectivity index (χ3n) is 3.83. The second kappa shape index (κ2) is 7.51. The van der Waals surface area contributed by atoms with Crippen molar-refractivity contribution >= 4 is 0 Å². The molecule has 3 heteroatoms. The zero-order valence-electron chi connectivity index (χ0n) is 11.8. The predicted molar refractivity (Wildman–Crippen MR) is 77.3 cm³/mol. The summed E-state index contributed by atoms with van der Waals surface area (Å²) in [4.78, 5) is 0. The lowest BCUT2D eigenvalue weighted by atomic mass is 10.0. The Morgan fingerprint density at radius 3 is 3.05 bits per heavy atom. The van der Waals surface area contributed by atoms with Crippen LogP contribution in [0.4, 0.5) is 0 Å². The van der Waals surface area contributed by atoms with Gasteiger partial charge in [-0.3, -0.25) is 0 Å². The lowest BCUT2D eigenvalue weighted by Crippen LogP contribution is -2.33. The largest absolute Gasteiger partial charge is 0.494 e. The second-order valence-corrected chi connectivity index (χ2v) is 5.36. The highest BCUT2D eigenvalue weighted by Crippen LogP contribution is 2.25. The zero-order chi connectivity index (χ0) is 13.5. The molecule has 0 heterocycles. The molecule has 0 saturated heterocycles. The summed E-state index contributed by atoms with van der Waals surface area (Å²) in [5, 5.41) is 12.9. The molecule has 19 heavy (non-hydrogen) atoms. The molecule has 0 spiro atoms. The third kappa shape index (κ3) is 4.22. The van der Waals surface area contributed by atoms with E-state index in [1.165, 1.54) is 18.4 Å². The first-order valence-electron chi connectivity index (χ1n) is 7.39. The summed E-state index contributed by atoms with van der Waals surface area (Å²) in [5.74, 6) is 1.38. The number of rotatable bonds is 7. The van der Waals surface area contributed by atoms with Gasteiger partial charge in [0, 0.05) is 19.2 Å². The van der Waals surface area contributed by atoms with Crippen LogP contribution in [0.5, 0.6) is 5.75 Å². The minimum absolute atomic E-state index is 0.303. The van der Waals surface area contributed by atoms with Gasteiger partial charge in [-0.25, -0.2) is 0 Å². The molecule has 1 aliphatic carbocycles. The van der Waals surface area contributed by atoms with Crippen molar-refractivity contribution in [2.24, 2.45) is 5.92 Å². The van der Waals surface area contributed by atoms with Crippen LogP contribution in [0.3, 0.4) is 0 Å². The quantitative estimate of drug-likeness (QED) is 0.795. The van der Waals surface area contributed by atoms with Gasteiger partial charge in [0.05, 0.1) is 6.61 Å². The predicted octanol–water partition coefficient (Wildman–Crippen LogP) is 2.73. The highest BCUT2D eigenvalue weighted by Gasteiger charge is 2.25. The van der Waals surface area contributed by atoms with E-state index < -0.39 is 0 Å². The molecule has 1 fully saturated rings. The number of hydrogen-bond donors (Lipinski definition) is 2. The summed E-state index contributed by atoms with van der Waals surface area (Å²) in [7, 11) is 0. The van der Waals surface area contributed by atoms with Gasteiger partial charge in [-0.1, -0.05) is 25.5 Å². The highest BCUT2D eigenvalue weighted by atomic mass is 16.5. The van der Waals surface area contributed by atoms with Crippen molar-refractivity contribution in [2.45, 2.75) is 45.2 Å². The van der Waals surface area contributed by atoms with E-state index in [9.17, 15) is 5.11 Å². The van der Waals surface area contributed by atoms with Crippen LogP contribution in [0, 0.1) is 5.92 Å². The molecule has 2 rings (SSSR count). The van der Waals surface area contributed by atoms with Crippen LogP contribution >= 0.6 is 0 Å². The Hall–Kier alpha value is -1.06. The van der Waals surface area contributed by atoms with Crippen LogP contribution in [0.2, 0.25) is 0 Å². The summed E-state index contributed by atoms with van der Waals surface area (Å²) in [5.41, 5.74) is 1.25. The van der Waals surface area contributed by atoms with Gasteiger partial charge >= 0.3 is 0 Å². The maximum absolute atomic E-state index is 9.31. The van der Waals surface area contributed by atoms with Gasteiger partial charge in [0.2, 0.25) is 0 Å². The molecule has 2 unspecified atom stereocenters. The fourth-order valence-corrected chi connectivity index (χ4v) is 2.74. The van der Waals surface area contributed by atoms with Crippen molar-refractivity contribution in [3.63, 3.8) is 0 Å². The molecule has 1 aromatic rings. The van der Waals surface area contributed by atoms with E-state index >= 15 is 0 Å². The normalized spacial score (nSPS) is 22.6. The van der Waals surface area contributed by atoms with Gasteiger partial charge < -0.3 is 15.2 Å². The molecule has 0 amide bonds. The Balaban J connectivity index is 1.85. The average molecular weight is 263 g/mol. The van der Waals surface area contributed by atoms with Crippen molar-refractivity contribution in [3.8, 4) is 5.75 Å². The smallest absolute Gasteiger partial charge is 0.119 e. The fraction of sp³-hybridized carbons (Fsp3) is 0.625. The molecule has 1 saturated carbocycles.